The van der Waals surface area contributed by atoms with Crippen LogP contribution in [0.3, 0.4) is 0 Å². The topological polar surface area (TPSA) is 29.3 Å². The zero-order chi connectivity index (χ0) is 9.26. The van der Waals surface area contributed by atoms with Crippen LogP contribution >= 0.6 is 0 Å². The first kappa shape index (κ1) is 8.51. The van der Waals surface area contributed by atoms with Gasteiger partial charge >= 0.3 is 0 Å². The van der Waals surface area contributed by atoms with Crippen molar-refractivity contribution in [3.8, 4) is 0 Å². The smallest absolute Gasteiger partial charge is 0.146 e. The molecule has 0 radical (unpaired) electrons. The Hall–Kier alpha value is -1.09. The third-order valence-corrected chi connectivity index (χ3v) is 2.42. The van der Waals surface area contributed by atoms with Gasteiger partial charge in [-0.3, -0.25) is 4.90 Å². The number of anilines is 1. The molecule has 0 saturated carbocycles. The summed E-state index contributed by atoms with van der Waals surface area (Å²) >= 11 is 0. The Kier molecular flexibility index (Phi) is 2.19. The van der Waals surface area contributed by atoms with E-state index in [1.54, 1.807) is 12.1 Å². The van der Waals surface area contributed by atoms with Crippen LogP contribution in [0.2, 0.25) is 0 Å². The summed E-state index contributed by atoms with van der Waals surface area (Å²) in [4.78, 5) is 2.31. The van der Waals surface area contributed by atoms with Crippen molar-refractivity contribution < 1.29 is 4.39 Å². The first-order valence-electron chi connectivity index (χ1n) is 4.52. The van der Waals surface area contributed by atoms with Gasteiger partial charge in [0.25, 0.3) is 0 Å². The fraction of sp³-hybridized carbons (Fsp3) is 0.400. The Balaban J connectivity index is 2.07. The van der Waals surface area contributed by atoms with Crippen LogP contribution < -0.4 is 5.73 Å². The van der Waals surface area contributed by atoms with E-state index in [1.807, 2.05) is 0 Å². The lowest BCUT2D eigenvalue weighted by Crippen LogP contribution is -2.36. The lowest BCUT2D eigenvalue weighted by molar-refractivity contribution is 0.172. The van der Waals surface area contributed by atoms with E-state index < -0.39 is 0 Å². The van der Waals surface area contributed by atoms with E-state index >= 15 is 0 Å². The van der Waals surface area contributed by atoms with E-state index in [1.165, 1.54) is 12.5 Å². The molecule has 0 amide bonds. The molecule has 0 unspecified atom stereocenters. The monoisotopic (exact) mass is 180 g/mol. The van der Waals surface area contributed by atoms with Gasteiger partial charge in [0.15, 0.2) is 0 Å². The Morgan fingerprint density at radius 1 is 1.38 bits per heavy atom. The molecule has 1 aliphatic rings. The van der Waals surface area contributed by atoms with Crippen LogP contribution in [0.25, 0.3) is 0 Å². The van der Waals surface area contributed by atoms with Gasteiger partial charge in [0.2, 0.25) is 0 Å². The molecule has 0 atom stereocenters. The molecule has 3 heteroatoms. The number of benzene rings is 1. The van der Waals surface area contributed by atoms with E-state index in [4.69, 9.17) is 5.73 Å². The van der Waals surface area contributed by atoms with Crippen molar-refractivity contribution >= 4 is 5.69 Å². The van der Waals surface area contributed by atoms with Crippen molar-refractivity contribution in [1.82, 2.24) is 4.90 Å². The van der Waals surface area contributed by atoms with Gasteiger partial charge in [-0.05, 0) is 37.2 Å². The van der Waals surface area contributed by atoms with Gasteiger partial charge < -0.3 is 5.73 Å². The number of likely N-dealkylation sites (tertiary alicyclic amines) is 1. The number of nitrogens with zero attached hydrogens (tertiary/aromatic N) is 1. The maximum atomic E-state index is 12.8. The van der Waals surface area contributed by atoms with Crippen molar-refractivity contribution in [2.45, 2.75) is 13.0 Å². The molecule has 2 rings (SSSR count). The molecule has 13 heavy (non-hydrogen) atoms. The molecule has 1 aromatic carbocycles. The van der Waals surface area contributed by atoms with Gasteiger partial charge in [0.1, 0.15) is 5.82 Å². The van der Waals surface area contributed by atoms with Gasteiger partial charge in [0, 0.05) is 6.54 Å². The molecule has 0 bridgehead atoms. The first-order chi connectivity index (χ1) is 6.25. The van der Waals surface area contributed by atoms with Gasteiger partial charge in [-0.25, -0.2) is 4.39 Å². The quantitative estimate of drug-likeness (QED) is 0.701. The minimum absolute atomic E-state index is 0.248. The summed E-state index contributed by atoms with van der Waals surface area (Å²) in [5.74, 6) is -0.327. The SMILES string of the molecule is Nc1cc(CN2CCC2)ccc1F. The third kappa shape index (κ3) is 1.80. The molecule has 1 fully saturated rings. The van der Waals surface area contributed by atoms with Crippen LogP contribution in [0.4, 0.5) is 10.1 Å². The average Bonchev–Trinajstić information content (AvgIpc) is 2.04. The number of hydrogen-bond donors (Lipinski definition) is 1. The van der Waals surface area contributed by atoms with Crippen molar-refractivity contribution in [3.63, 3.8) is 0 Å². The standard InChI is InChI=1S/C10H13FN2/c11-9-3-2-8(6-10(9)12)7-13-4-1-5-13/h2-3,6H,1,4-5,7,12H2. The Morgan fingerprint density at radius 2 is 2.15 bits per heavy atom. The fourth-order valence-corrected chi connectivity index (χ4v) is 1.49. The van der Waals surface area contributed by atoms with Crippen LogP contribution in [-0.2, 0) is 6.54 Å². The van der Waals surface area contributed by atoms with Crippen molar-refractivity contribution in [1.29, 1.82) is 0 Å². The van der Waals surface area contributed by atoms with E-state index in [9.17, 15) is 4.39 Å². The van der Waals surface area contributed by atoms with Gasteiger partial charge in [-0.2, -0.15) is 0 Å². The maximum absolute atomic E-state index is 12.8. The molecule has 0 spiro atoms. The summed E-state index contributed by atoms with van der Waals surface area (Å²) in [7, 11) is 0. The zero-order valence-corrected chi connectivity index (χ0v) is 7.46. The summed E-state index contributed by atoms with van der Waals surface area (Å²) < 4.78 is 12.8. The molecule has 1 saturated heterocycles. The summed E-state index contributed by atoms with van der Waals surface area (Å²) in [6.07, 6.45) is 1.27. The van der Waals surface area contributed by atoms with Gasteiger partial charge in [-0.15, -0.1) is 0 Å². The van der Waals surface area contributed by atoms with Crippen molar-refractivity contribution in [2.24, 2.45) is 0 Å². The van der Waals surface area contributed by atoms with Crippen LogP contribution in [-0.4, -0.2) is 18.0 Å². The number of rotatable bonds is 2. The fourth-order valence-electron chi connectivity index (χ4n) is 1.49. The lowest BCUT2D eigenvalue weighted by Gasteiger charge is -2.30. The normalized spacial score (nSPS) is 17.0. The van der Waals surface area contributed by atoms with E-state index in [-0.39, 0.29) is 11.5 Å². The second kappa shape index (κ2) is 3.34. The average molecular weight is 180 g/mol. The van der Waals surface area contributed by atoms with Gasteiger partial charge in [-0.1, -0.05) is 6.07 Å². The predicted molar refractivity (Wildman–Crippen MR) is 50.7 cm³/mol. The minimum atomic E-state index is -0.327. The summed E-state index contributed by atoms with van der Waals surface area (Å²) in [6, 6.07) is 4.95. The van der Waals surface area contributed by atoms with Gasteiger partial charge in [0.05, 0.1) is 5.69 Å². The molecule has 2 N–H and O–H groups in total. The first-order valence-corrected chi connectivity index (χ1v) is 4.52. The highest BCUT2D eigenvalue weighted by Gasteiger charge is 2.13. The minimum Gasteiger partial charge on any atom is -0.396 e. The van der Waals surface area contributed by atoms with Crippen molar-refractivity contribution in [2.75, 3.05) is 18.8 Å². The van der Waals surface area contributed by atoms with Crippen LogP contribution in [0.1, 0.15) is 12.0 Å². The maximum Gasteiger partial charge on any atom is 0.146 e. The molecular formula is C10H13FN2. The number of nitrogen functional groups attached to an aromatic ring is 1. The molecule has 0 aliphatic carbocycles. The molecule has 1 aliphatic heterocycles. The summed E-state index contributed by atoms with van der Waals surface area (Å²) in [6.45, 7) is 3.19. The van der Waals surface area contributed by atoms with E-state index in [2.05, 4.69) is 4.90 Å². The highest BCUT2D eigenvalue weighted by atomic mass is 19.1. The zero-order valence-electron chi connectivity index (χ0n) is 7.46. The lowest BCUT2D eigenvalue weighted by atomic mass is 10.1. The predicted octanol–water partition coefficient (Wildman–Crippen LogP) is 1.61. The number of nitrogens with two attached hydrogens (primary N) is 1. The molecule has 2 nitrogen and oxygen atoms in total. The summed E-state index contributed by atoms with van der Waals surface area (Å²) in [5, 5.41) is 0. The summed E-state index contributed by atoms with van der Waals surface area (Å²) in [5.41, 5.74) is 6.81. The number of hydrogen-bond acceptors (Lipinski definition) is 2. The van der Waals surface area contributed by atoms with E-state index in [0.29, 0.717) is 0 Å². The highest BCUT2D eigenvalue weighted by Crippen LogP contribution is 2.16. The Bertz CT molecular complexity index is 308. The largest absolute Gasteiger partial charge is 0.396 e. The molecule has 1 heterocycles. The third-order valence-electron chi connectivity index (χ3n) is 2.42. The second-order valence-corrected chi connectivity index (χ2v) is 3.49. The molecule has 1 aromatic rings. The Morgan fingerprint density at radius 3 is 2.69 bits per heavy atom. The van der Waals surface area contributed by atoms with Crippen LogP contribution in [0, 0.1) is 5.82 Å². The molecular weight excluding hydrogens is 167 g/mol. The van der Waals surface area contributed by atoms with Crippen molar-refractivity contribution in [3.05, 3.63) is 29.6 Å². The van der Waals surface area contributed by atoms with Crippen LogP contribution in [0.5, 0.6) is 0 Å². The molecule has 70 valence electrons. The molecule has 0 aromatic heterocycles. The van der Waals surface area contributed by atoms with Crippen LogP contribution in [0.15, 0.2) is 18.2 Å². The highest BCUT2D eigenvalue weighted by molar-refractivity contribution is 5.42. The second-order valence-electron chi connectivity index (χ2n) is 3.49. The van der Waals surface area contributed by atoms with E-state index in [0.717, 1.165) is 25.2 Å². The Labute approximate surface area is 77.2 Å². The number of halogens is 1.